The molecule has 0 aliphatic rings. The molecule has 14 nitrogen and oxygen atoms in total. The summed E-state index contributed by atoms with van der Waals surface area (Å²) < 4.78 is 0. The first-order chi connectivity index (χ1) is 17.2. The second kappa shape index (κ2) is 14.4. The van der Waals surface area contributed by atoms with Crippen LogP contribution in [-0.2, 0) is 35.2 Å². The zero-order valence-electron chi connectivity index (χ0n) is 20.6. The SMILES string of the molecule is CC(C)C(NC(=O)C(CCC(N)=O)NC(=O)C(N)CC(N)=O)C(=O)NC(Cc1ccc(O)cc1)C(=O)O. The van der Waals surface area contributed by atoms with Crippen molar-refractivity contribution in [1.29, 1.82) is 0 Å². The number of hydrogen-bond donors (Lipinski definition) is 8. The molecule has 1 aromatic rings. The fraction of sp³-hybridized carbons (Fsp3) is 0.478. The molecule has 0 radical (unpaired) electrons. The van der Waals surface area contributed by atoms with Gasteiger partial charge in [-0.25, -0.2) is 4.79 Å². The first-order valence-electron chi connectivity index (χ1n) is 11.4. The summed E-state index contributed by atoms with van der Waals surface area (Å²) in [5.74, 6) is -5.92. The monoisotopic (exact) mass is 522 g/mol. The Kier molecular flexibility index (Phi) is 12.0. The van der Waals surface area contributed by atoms with Crippen LogP contribution in [0.15, 0.2) is 24.3 Å². The lowest BCUT2D eigenvalue weighted by Gasteiger charge is -2.27. The second-order valence-corrected chi connectivity index (χ2v) is 8.84. The van der Waals surface area contributed by atoms with E-state index in [1.807, 2.05) is 0 Å². The predicted octanol–water partition coefficient (Wildman–Crippen LogP) is -2.40. The molecular weight excluding hydrogens is 488 g/mol. The lowest BCUT2D eigenvalue weighted by Crippen LogP contribution is -2.58. The Bertz CT molecular complexity index is 997. The molecule has 0 saturated heterocycles. The van der Waals surface area contributed by atoms with Crippen LogP contribution in [0, 0.1) is 5.92 Å². The van der Waals surface area contributed by atoms with Crippen molar-refractivity contribution >= 4 is 35.5 Å². The molecule has 0 aliphatic heterocycles. The molecule has 4 atom stereocenters. The zero-order chi connectivity index (χ0) is 28.3. The fourth-order valence-electron chi connectivity index (χ4n) is 3.26. The summed E-state index contributed by atoms with van der Waals surface area (Å²) in [4.78, 5) is 72.3. The lowest BCUT2D eigenvalue weighted by atomic mass is 10.00. The van der Waals surface area contributed by atoms with E-state index in [1.165, 1.54) is 24.3 Å². The van der Waals surface area contributed by atoms with Gasteiger partial charge in [0.1, 0.15) is 23.9 Å². The van der Waals surface area contributed by atoms with Gasteiger partial charge in [-0.05, 0) is 30.0 Å². The van der Waals surface area contributed by atoms with Gasteiger partial charge in [-0.3, -0.25) is 24.0 Å². The van der Waals surface area contributed by atoms with Gasteiger partial charge in [0, 0.05) is 12.8 Å². The number of carbonyl (C=O) groups excluding carboxylic acids is 5. The van der Waals surface area contributed by atoms with Gasteiger partial charge >= 0.3 is 5.97 Å². The molecule has 11 N–H and O–H groups in total. The number of nitrogens with one attached hydrogen (secondary N) is 3. The molecule has 0 aromatic heterocycles. The zero-order valence-corrected chi connectivity index (χ0v) is 20.6. The summed E-state index contributed by atoms with van der Waals surface area (Å²) in [6, 6.07) is 0.546. The summed E-state index contributed by atoms with van der Waals surface area (Å²) in [7, 11) is 0. The minimum Gasteiger partial charge on any atom is -0.508 e. The number of amides is 5. The summed E-state index contributed by atoms with van der Waals surface area (Å²) in [6.45, 7) is 3.22. The fourth-order valence-corrected chi connectivity index (χ4v) is 3.26. The van der Waals surface area contributed by atoms with E-state index in [4.69, 9.17) is 17.2 Å². The van der Waals surface area contributed by atoms with Crippen LogP contribution in [0.4, 0.5) is 0 Å². The van der Waals surface area contributed by atoms with Crippen molar-refractivity contribution in [1.82, 2.24) is 16.0 Å². The quantitative estimate of drug-likeness (QED) is 0.122. The molecule has 5 amide bonds. The Labute approximate surface area is 213 Å². The van der Waals surface area contributed by atoms with Crippen molar-refractivity contribution < 1.29 is 39.0 Å². The van der Waals surface area contributed by atoms with Crippen molar-refractivity contribution in [3.63, 3.8) is 0 Å². The topological polar surface area (TPSA) is 257 Å². The van der Waals surface area contributed by atoms with Crippen LogP contribution in [0.3, 0.4) is 0 Å². The molecule has 4 unspecified atom stereocenters. The Morgan fingerprint density at radius 1 is 0.838 bits per heavy atom. The minimum absolute atomic E-state index is 0.00388. The highest BCUT2D eigenvalue weighted by molar-refractivity contribution is 5.95. The van der Waals surface area contributed by atoms with Gasteiger partial charge in [-0.15, -0.1) is 0 Å². The normalized spacial score (nSPS) is 14.1. The molecule has 0 spiro atoms. The van der Waals surface area contributed by atoms with E-state index < -0.39 is 72.0 Å². The predicted molar refractivity (Wildman–Crippen MR) is 130 cm³/mol. The Morgan fingerprint density at radius 2 is 1.41 bits per heavy atom. The van der Waals surface area contributed by atoms with Gasteiger partial charge in [-0.2, -0.15) is 0 Å². The molecule has 0 bridgehead atoms. The van der Waals surface area contributed by atoms with Crippen molar-refractivity contribution in [3.05, 3.63) is 29.8 Å². The summed E-state index contributed by atoms with van der Waals surface area (Å²) in [5.41, 5.74) is 16.3. The molecular formula is C23H34N6O8. The molecule has 14 heteroatoms. The number of benzene rings is 1. The average molecular weight is 523 g/mol. The van der Waals surface area contributed by atoms with Crippen LogP contribution in [0.1, 0.15) is 38.7 Å². The molecule has 204 valence electrons. The number of carboxylic acids is 1. The highest BCUT2D eigenvalue weighted by Crippen LogP contribution is 2.12. The number of rotatable bonds is 15. The van der Waals surface area contributed by atoms with Gasteiger partial charge in [-0.1, -0.05) is 26.0 Å². The molecule has 37 heavy (non-hydrogen) atoms. The second-order valence-electron chi connectivity index (χ2n) is 8.84. The number of aliphatic carboxylic acids is 1. The van der Waals surface area contributed by atoms with E-state index in [2.05, 4.69) is 16.0 Å². The standard InChI is InChI=1S/C23H34N6O8/c1-11(2)19(22(35)28-16(23(36)37)9-12-3-5-13(30)6-4-12)29-21(34)15(7-8-17(25)31)27-20(33)14(24)10-18(26)32/h3-6,11,14-16,19,30H,7-10,24H2,1-2H3,(H2,25,31)(H2,26,32)(H,27,33)(H,28,35)(H,29,34)(H,36,37). The number of nitrogens with two attached hydrogens (primary N) is 3. The average Bonchev–Trinajstić information content (AvgIpc) is 2.79. The Morgan fingerprint density at radius 3 is 1.89 bits per heavy atom. The summed E-state index contributed by atoms with van der Waals surface area (Å²) in [5, 5.41) is 26.1. The van der Waals surface area contributed by atoms with E-state index in [9.17, 15) is 39.0 Å². The number of primary amides is 2. The van der Waals surface area contributed by atoms with Crippen LogP contribution in [0.2, 0.25) is 0 Å². The minimum atomic E-state index is -1.35. The van der Waals surface area contributed by atoms with Gasteiger partial charge in [0.25, 0.3) is 0 Å². The lowest BCUT2D eigenvalue weighted by molar-refractivity contribution is -0.142. The largest absolute Gasteiger partial charge is 0.508 e. The molecule has 0 heterocycles. The molecule has 1 aromatic carbocycles. The molecule has 0 fully saturated rings. The number of hydrogen-bond acceptors (Lipinski definition) is 8. The van der Waals surface area contributed by atoms with E-state index in [0.29, 0.717) is 5.56 Å². The van der Waals surface area contributed by atoms with Gasteiger partial charge < -0.3 is 43.4 Å². The molecule has 1 rings (SSSR count). The smallest absolute Gasteiger partial charge is 0.326 e. The van der Waals surface area contributed by atoms with Crippen LogP contribution in [0.25, 0.3) is 0 Å². The van der Waals surface area contributed by atoms with Crippen molar-refractivity contribution in [2.75, 3.05) is 0 Å². The highest BCUT2D eigenvalue weighted by atomic mass is 16.4. The number of phenols is 1. The number of aromatic hydroxyl groups is 1. The first kappa shape index (κ1) is 30.8. The summed E-state index contributed by atoms with van der Waals surface area (Å²) in [6.07, 6.45) is -1.07. The third-order valence-corrected chi connectivity index (χ3v) is 5.31. The van der Waals surface area contributed by atoms with E-state index in [-0.39, 0.29) is 25.0 Å². The van der Waals surface area contributed by atoms with E-state index in [0.717, 1.165) is 0 Å². The Hall–Kier alpha value is -4.20. The Balaban J connectivity index is 3.00. The highest BCUT2D eigenvalue weighted by Gasteiger charge is 2.32. The summed E-state index contributed by atoms with van der Waals surface area (Å²) >= 11 is 0. The number of carboxylic acid groups (broad SMARTS) is 1. The maximum atomic E-state index is 13.0. The third kappa shape index (κ3) is 10.9. The number of carbonyl (C=O) groups is 6. The maximum absolute atomic E-state index is 13.0. The first-order valence-corrected chi connectivity index (χ1v) is 11.4. The van der Waals surface area contributed by atoms with Gasteiger partial charge in [0.15, 0.2) is 0 Å². The van der Waals surface area contributed by atoms with Crippen LogP contribution in [0.5, 0.6) is 5.75 Å². The molecule has 0 saturated carbocycles. The van der Waals surface area contributed by atoms with Gasteiger partial charge in [0.2, 0.25) is 29.5 Å². The van der Waals surface area contributed by atoms with Crippen LogP contribution >= 0.6 is 0 Å². The van der Waals surface area contributed by atoms with Crippen molar-refractivity contribution in [2.24, 2.45) is 23.1 Å². The molecule has 0 aliphatic carbocycles. The number of phenolic OH excluding ortho intramolecular Hbond substituents is 1. The maximum Gasteiger partial charge on any atom is 0.326 e. The van der Waals surface area contributed by atoms with Crippen molar-refractivity contribution in [2.45, 2.75) is 63.7 Å². The van der Waals surface area contributed by atoms with Crippen LogP contribution < -0.4 is 33.2 Å². The third-order valence-electron chi connectivity index (χ3n) is 5.31. The van der Waals surface area contributed by atoms with Gasteiger partial charge in [0.05, 0.1) is 12.5 Å². The van der Waals surface area contributed by atoms with E-state index in [1.54, 1.807) is 13.8 Å². The van der Waals surface area contributed by atoms with E-state index >= 15 is 0 Å². The van der Waals surface area contributed by atoms with Crippen molar-refractivity contribution in [3.8, 4) is 5.75 Å². The van der Waals surface area contributed by atoms with Crippen LogP contribution in [-0.4, -0.2) is 69.9 Å².